The van der Waals surface area contributed by atoms with Crippen molar-refractivity contribution in [1.29, 1.82) is 5.26 Å². The Kier molecular flexibility index (Phi) is 3.75. The maximum atomic E-state index is 12.7. The van der Waals surface area contributed by atoms with Crippen molar-refractivity contribution in [3.05, 3.63) is 35.9 Å². The zero-order valence-electron chi connectivity index (χ0n) is 14.1. The Morgan fingerprint density at radius 3 is 2.62 bits per heavy atom. The van der Waals surface area contributed by atoms with E-state index in [1.165, 1.54) is 18.7 Å². The van der Waals surface area contributed by atoms with Gasteiger partial charge in [0.25, 0.3) is 5.91 Å². The van der Waals surface area contributed by atoms with Gasteiger partial charge in [-0.15, -0.1) is 0 Å². The van der Waals surface area contributed by atoms with Crippen LogP contribution in [0.2, 0.25) is 0 Å². The number of carbonyl (C=O) groups excluding carboxylic acids is 2. The van der Waals surface area contributed by atoms with Gasteiger partial charge in [0.2, 0.25) is 0 Å². The predicted octanol–water partition coefficient (Wildman–Crippen LogP) is 2.00. The summed E-state index contributed by atoms with van der Waals surface area (Å²) in [7, 11) is 0. The third-order valence-electron chi connectivity index (χ3n) is 5.41. The van der Waals surface area contributed by atoms with Crippen molar-refractivity contribution >= 4 is 11.7 Å². The molecule has 0 bridgehead atoms. The first-order valence-corrected chi connectivity index (χ1v) is 8.01. The fourth-order valence-electron chi connectivity index (χ4n) is 4.30. The number of nitrogens with zero attached hydrogens (tertiary/aromatic N) is 4. The summed E-state index contributed by atoms with van der Waals surface area (Å²) in [5.41, 5.74) is -0.336. The third kappa shape index (κ3) is 2.41. The average molecular weight is 324 g/mol. The van der Waals surface area contributed by atoms with Crippen LogP contribution in [0, 0.1) is 28.1 Å². The molecule has 3 rings (SSSR count). The molecule has 0 spiro atoms. The highest BCUT2D eigenvalue weighted by Gasteiger charge is 2.53. The molecule has 0 saturated carbocycles. The second-order valence-corrected chi connectivity index (χ2v) is 7.42. The molecule has 6 heteroatoms. The third-order valence-corrected chi connectivity index (χ3v) is 5.41. The van der Waals surface area contributed by atoms with E-state index >= 15 is 0 Å². The Bertz CT molecular complexity index is 763. The van der Waals surface area contributed by atoms with Gasteiger partial charge in [0.15, 0.2) is 5.78 Å². The molecule has 1 aromatic rings. The molecule has 1 aromatic heterocycles. The maximum absolute atomic E-state index is 12.7. The van der Waals surface area contributed by atoms with Crippen LogP contribution in [-0.2, 0) is 4.79 Å². The monoisotopic (exact) mass is 324 g/mol. The predicted molar refractivity (Wildman–Crippen MR) is 86.6 cm³/mol. The number of fused-ring (bicyclic) bond motifs is 1. The van der Waals surface area contributed by atoms with Gasteiger partial charge < -0.3 is 4.90 Å². The number of hydrogen-bond donors (Lipinski definition) is 0. The summed E-state index contributed by atoms with van der Waals surface area (Å²) in [6.45, 7) is 6.91. The van der Waals surface area contributed by atoms with E-state index in [4.69, 9.17) is 0 Å². The van der Waals surface area contributed by atoms with E-state index in [2.05, 4.69) is 9.97 Å². The largest absolute Gasteiger partial charge is 0.338 e. The molecule has 0 aromatic carbocycles. The topological polar surface area (TPSA) is 87.0 Å². The van der Waals surface area contributed by atoms with Crippen molar-refractivity contribution < 1.29 is 9.59 Å². The molecule has 1 fully saturated rings. The Morgan fingerprint density at radius 1 is 1.33 bits per heavy atom. The van der Waals surface area contributed by atoms with E-state index in [0.29, 0.717) is 18.7 Å². The van der Waals surface area contributed by atoms with Crippen LogP contribution in [0.25, 0.3) is 0 Å². The molecule has 124 valence electrons. The first-order valence-electron chi connectivity index (χ1n) is 8.01. The second kappa shape index (κ2) is 5.52. The number of rotatable bonds is 1. The second-order valence-electron chi connectivity index (χ2n) is 7.42. The highest BCUT2D eigenvalue weighted by molar-refractivity contribution is 6.04. The van der Waals surface area contributed by atoms with Crippen LogP contribution in [0.1, 0.15) is 37.6 Å². The fourth-order valence-corrected chi connectivity index (χ4v) is 4.30. The molecule has 1 saturated heterocycles. The number of nitriles is 1. The van der Waals surface area contributed by atoms with Crippen molar-refractivity contribution in [2.75, 3.05) is 13.1 Å². The lowest BCUT2D eigenvalue weighted by atomic mass is 9.55. The number of amides is 1. The van der Waals surface area contributed by atoms with Gasteiger partial charge in [-0.1, -0.05) is 26.8 Å². The average Bonchev–Trinajstić information content (AvgIpc) is 2.58. The number of Topliss-reactive ketones (excluding diaryl/α,β-unsaturated/α-hetero) is 1. The number of aromatic nitrogens is 2. The van der Waals surface area contributed by atoms with Gasteiger partial charge in [-0.3, -0.25) is 9.59 Å². The summed E-state index contributed by atoms with van der Waals surface area (Å²) in [6.07, 6.45) is 6.90. The molecule has 6 nitrogen and oxygen atoms in total. The van der Waals surface area contributed by atoms with E-state index in [1.54, 1.807) is 11.0 Å². The maximum Gasteiger partial charge on any atom is 0.257 e. The van der Waals surface area contributed by atoms with Crippen LogP contribution in [0.4, 0.5) is 0 Å². The molecular formula is C18H20N4O2. The van der Waals surface area contributed by atoms with Crippen molar-refractivity contribution in [3.63, 3.8) is 0 Å². The van der Waals surface area contributed by atoms with E-state index in [0.717, 1.165) is 6.42 Å². The molecule has 1 amide bonds. The van der Waals surface area contributed by atoms with E-state index in [9.17, 15) is 14.9 Å². The lowest BCUT2D eigenvalue weighted by Gasteiger charge is -2.52. The molecule has 1 aliphatic carbocycles. The first kappa shape index (κ1) is 16.3. The van der Waals surface area contributed by atoms with Crippen LogP contribution >= 0.6 is 0 Å². The van der Waals surface area contributed by atoms with Gasteiger partial charge in [-0.2, -0.15) is 5.26 Å². The number of likely N-dealkylation sites (tertiary alicyclic amines) is 1. The summed E-state index contributed by atoms with van der Waals surface area (Å²) in [4.78, 5) is 34.8. The minimum absolute atomic E-state index is 0.0938. The molecular weight excluding hydrogens is 304 g/mol. The zero-order valence-corrected chi connectivity index (χ0v) is 14.1. The van der Waals surface area contributed by atoms with Gasteiger partial charge in [0.05, 0.1) is 11.1 Å². The molecule has 0 unspecified atom stereocenters. The minimum Gasteiger partial charge on any atom is -0.338 e. The molecule has 2 heterocycles. The van der Waals surface area contributed by atoms with Gasteiger partial charge in [0.1, 0.15) is 12.4 Å². The Labute approximate surface area is 141 Å². The van der Waals surface area contributed by atoms with Gasteiger partial charge >= 0.3 is 0 Å². The smallest absolute Gasteiger partial charge is 0.257 e. The standard InChI is InChI=1S/C18H20N4O2/c1-17(2)14-4-5-22(16(24)13-8-20-11-21-9-13)10-18(14,3)6-12(7-19)15(17)23/h6,8-9,11,14H,4-5,10H2,1-3H3/t14-,18+/m0/s1. The van der Waals surface area contributed by atoms with Crippen molar-refractivity contribution in [3.8, 4) is 6.07 Å². The van der Waals surface area contributed by atoms with Crippen molar-refractivity contribution in [2.45, 2.75) is 27.2 Å². The normalized spacial score (nSPS) is 28.6. The fraction of sp³-hybridized carbons (Fsp3) is 0.500. The highest BCUT2D eigenvalue weighted by atomic mass is 16.2. The number of ketones is 1. The number of allylic oxidation sites excluding steroid dienone is 1. The van der Waals surface area contributed by atoms with Crippen LogP contribution in [0.3, 0.4) is 0 Å². The molecule has 1 aliphatic heterocycles. The summed E-state index contributed by atoms with van der Waals surface area (Å²) >= 11 is 0. The van der Waals surface area contributed by atoms with Crippen LogP contribution in [-0.4, -0.2) is 39.6 Å². The van der Waals surface area contributed by atoms with Crippen molar-refractivity contribution in [2.24, 2.45) is 16.7 Å². The SMILES string of the molecule is CC1(C)C(=O)C(C#N)=C[C@]2(C)CN(C(=O)c3cncnc3)CC[C@@H]12. The lowest BCUT2D eigenvalue weighted by molar-refractivity contribution is -0.131. The Hall–Kier alpha value is -2.55. The van der Waals surface area contributed by atoms with E-state index < -0.39 is 10.8 Å². The molecule has 2 aliphatic rings. The number of carbonyl (C=O) groups is 2. The zero-order chi connectivity index (χ0) is 17.5. The molecule has 24 heavy (non-hydrogen) atoms. The van der Waals surface area contributed by atoms with E-state index in [1.807, 2.05) is 26.8 Å². The summed E-state index contributed by atoms with van der Waals surface area (Å²) in [5.74, 6) is -0.105. The van der Waals surface area contributed by atoms with Crippen molar-refractivity contribution in [1.82, 2.24) is 14.9 Å². The highest BCUT2D eigenvalue weighted by Crippen LogP contribution is 2.52. The summed E-state index contributed by atoms with van der Waals surface area (Å²) in [5, 5.41) is 9.32. The Balaban J connectivity index is 1.94. The number of piperidine rings is 1. The summed E-state index contributed by atoms with van der Waals surface area (Å²) in [6, 6.07) is 2.03. The van der Waals surface area contributed by atoms with Gasteiger partial charge in [-0.05, 0) is 12.3 Å². The minimum atomic E-state index is -0.598. The molecule has 2 atom stereocenters. The molecule has 0 radical (unpaired) electrons. The van der Waals surface area contributed by atoms with E-state index in [-0.39, 0.29) is 23.2 Å². The van der Waals surface area contributed by atoms with Crippen LogP contribution in [0.5, 0.6) is 0 Å². The van der Waals surface area contributed by atoms with Gasteiger partial charge in [-0.25, -0.2) is 9.97 Å². The molecule has 0 N–H and O–H groups in total. The van der Waals surface area contributed by atoms with Crippen LogP contribution in [0.15, 0.2) is 30.4 Å². The lowest BCUT2D eigenvalue weighted by Crippen LogP contribution is -2.56. The quantitative estimate of drug-likeness (QED) is 0.788. The summed E-state index contributed by atoms with van der Waals surface area (Å²) < 4.78 is 0. The Morgan fingerprint density at radius 2 is 2.00 bits per heavy atom. The number of hydrogen-bond acceptors (Lipinski definition) is 5. The van der Waals surface area contributed by atoms with Gasteiger partial charge in [0, 0.05) is 36.3 Å². The first-order chi connectivity index (χ1) is 11.3. The van der Waals surface area contributed by atoms with Crippen LogP contribution < -0.4 is 0 Å².